The number of aromatic nitrogens is 2. The third-order valence-corrected chi connectivity index (χ3v) is 11.3. The van der Waals surface area contributed by atoms with Crippen LogP contribution in [0.4, 0.5) is 0 Å². The predicted molar refractivity (Wildman–Crippen MR) is 221 cm³/mol. The van der Waals surface area contributed by atoms with E-state index in [-0.39, 0.29) is 0 Å². The molecule has 0 atom stereocenters. The zero-order valence-electron chi connectivity index (χ0n) is 28.6. The summed E-state index contributed by atoms with van der Waals surface area (Å²) in [4.78, 5) is 0. The van der Waals surface area contributed by atoms with Gasteiger partial charge in [-0.15, -0.1) is 0 Å². The van der Waals surface area contributed by atoms with E-state index in [0.717, 1.165) is 39.5 Å². The van der Waals surface area contributed by atoms with Crippen LogP contribution in [0.1, 0.15) is 0 Å². The van der Waals surface area contributed by atoms with Crippen molar-refractivity contribution < 1.29 is 4.74 Å². The normalized spacial score (nSPS) is 12.3. The fourth-order valence-electron chi connectivity index (χ4n) is 9.00. The van der Waals surface area contributed by atoms with Crippen molar-refractivity contribution in [2.45, 2.75) is 0 Å². The monoisotopic (exact) mass is 674 g/mol. The summed E-state index contributed by atoms with van der Waals surface area (Å²) >= 11 is 0. The highest BCUT2D eigenvalue weighted by Crippen LogP contribution is 2.51. The molecule has 2 aromatic heterocycles. The predicted octanol–water partition coefficient (Wildman–Crippen LogP) is 13.6. The van der Waals surface area contributed by atoms with Gasteiger partial charge in [0.1, 0.15) is 11.5 Å². The zero-order valence-corrected chi connectivity index (χ0v) is 28.6. The Morgan fingerprint density at radius 2 is 0.981 bits per heavy atom. The molecule has 0 saturated heterocycles. The van der Waals surface area contributed by atoms with E-state index in [2.05, 4.69) is 185 Å². The summed E-state index contributed by atoms with van der Waals surface area (Å²) in [6, 6.07) is 66.0. The van der Waals surface area contributed by atoms with Crippen LogP contribution in [0, 0.1) is 0 Å². The molecule has 1 aliphatic heterocycles. The van der Waals surface area contributed by atoms with Crippen molar-refractivity contribution in [1.29, 1.82) is 0 Å². The molecule has 0 aliphatic carbocycles. The second kappa shape index (κ2) is 10.7. The molecule has 0 saturated carbocycles. The van der Waals surface area contributed by atoms with Gasteiger partial charge in [0.25, 0.3) is 0 Å². The first-order valence-electron chi connectivity index (χ1n) is 18.2. The van der Waals surface area contributed by atoms with Gasteiger partial charge >= 0.3 is 0 Å². The highest BCUT2D eigenvalue weighted by Gasteiger charge is 2.25. The summed E-state index contributed by atoms with van der Waals surface area (Å²) in [5.74, 6) is 1.79. The van der Waals surface area contributed by atoms with Crippen LogP contribution in [0.15, 0.2) is 182 Å². The molecule has 53 heavy (non-hydrogen) atoms. The average molecular weight is 675 g/mol. The first-order chi connectivity index (χ1) is 26.3. The average Bonchev–Trinajstić information content (AvgIpc) is 3.73. The maximum atomic E-state index is 6.72. The van der Waals surface area contributed by atoms with Gasteiger partial charge in [-0.05, 0) is 69.9 Å². The SMILES string of the molecule is c1ccc(-n2c3ccccc3c3ccc(-c4ccc5c6c7cccc8c7c(cc6n(-c6cccc7ccccc67)c5c4)Oc4ccccc4-8)cc32)cc1. The second-order valence-corrected chi connectivity index (χ2v) is 14.1. The highest BCUT2D eigenvalue weighted by molar-refractivity contribution is 6.26. The molecule has 3 nitrogen and oxygen atoms in total. The molecule has 0 fully saturated rings. The quantitative estimate of drug-likeness (QED) is 0.183. The third-order valence-electron chi connectivity index (χ3n) is 11.3. The molecule has 246 valence electrons. The lowest BCUT2D eigenvalue weighted by atomic mass is 9.92. The van der Waals surface area contributed by atoms with Gasteiger partial charge in [0, 0.05) is 49.6 Å². The van der Waals surface area contributed by atoms with Gasteiger partial charge in [-0.2, -0.15) is 0 Å². The first kappa shape index (κ1) is 28.6. The third kappa shape index (κ3) is 3.99. The number of nitrogens with zero attached hydrogens (tertiary/aromatic N) is 2. The van der Waals surface area contributed by atoms with Crippen LogP contribution >= 0.6 is 0 Å². The molecule has 12 rings (SSSR count). The smallest absolute Gasteiger partial charge is 0.138 e. The van der Waals surface area contributed by atoms with Crippen molar-refractivity contribution in [2.24, 2.45) is 0 Å². The molecular weight excluding hydrogens is 645 g/mol. The Balaban J connectivity index is 1.18. The van der Waals surface area contributed by atoms with Crippen molar-refractivity contribution in [3.8, 4) is 45.1 Å². The van der Waals surface area contributed by atoms with Gasteiger partial charge in [-0.3, -0.25) is 0 Å². The van der Waals surface area contributed by atoms with E-state index in [4.69, 9.17) is 4.74 Å². The number of para-hydroxylation sites is 3. The number of hydrogen-bond donors (Lipinski definition) is 0. The number of ether oxygens (including phenoxy) is 1. The number of rotatable bonds is 3. The van der Waals surface area contributed by atoms with Gasteiger partial charge in [-0.1, -0.05) is 133 Å². The van der Waals surface area contributed by atoms with Crippen LogP contribution in [0.5, 0.6) is 11.5 Å². The minimum absolute atomic E-state index is 0.894. The summed E-state index contributed by atoms with van der Waals surface area (Å²) in [5.41, 5.74) is 11.7. The molecule has 3 heteroatoms. The Labute approximate surface area is 305 Å². The number of hydrogen-bond acceptors (Lipinski definition) is 1. The molecule has 1 aliphatic rings. The lowest BCUT2D eigenvalue weighted by Crippen LogP contribution is -1.99. The number of fused-ring (bicyclic) bond motifs is 10. The lowest BCUT2D eigenvalue weighted by molar-refractivity contribution is 0.487. The van der Waals surface area contributed by atoms with Crippen LogP contribution in [-0.4, -0.2) is 9.13 Å². The van der Waals surface area contributed by atoms with Gasteiger partial charge in [0.2, 0.25) is 0 Å². The molecule has 0 unspecified atom stereocenters. The van der Waals surface area contributed by atoms with E-state index in [9.17, 15) is 0 Å². The van der Waals surface area contributed by atoms with Crippen LogP contribution in [0.2, 0.25) is 0 Å². The second-order valence-electron chi connectivity index (χ2n) is 14.1. The minimum atomic E-state index is 0.894. The Morgan fingerprint density at radius 3 is 1.87 bits per heavy atom. The first-order valence-corrected chi connectivity index (χ1v) is 18.2. The van der Waals surface area contributed by atoms with E-state index < -0.39 is 0 Å². The Hall–Kier alpha value is -7.10. The van der Waals surface area contributed by atoms with E-state index in [1.807, 2.05) is 6.07 Å². The van der Waals surface area contributed by atoms with Gasteiger partial charge < -0.3 is 13.9 Å². The van der Waals surface area contributed by atoms with E-state index in [1.54, 1.807) is 0 Å². The van der Waals surface area contributed by atoms with Crippen LogP contribution in [-0.2, 0) is 0 Å². The largest absolute Gasteiger partial charge is 0.456 e. The maximum Gasteiger partial charge on any atom is 0.138 e. The Kier molecular flexibility index (Phi) is 5.77. The summed E-state index contributed by atoms with van der Waals surface area (Å²) in [5, 5.41) is 9.76. The van der Waals surface area contributed by atoms with Crippen LogP contribution in [0.3, 0.4) is 0 Å². The summed E-state index contributed by atoms with van der Waals surface area (Å²) in [6.45, 7) is 0. The highest BCUT2D eigenvalue weighted by atomic mass is 16.5. The molecule has 0 bridgehead atoms. The van der Waals surface area contributed by atoms with Crippen molar-refractivity contribution in [1.82, 2.24) is 9.13 Å². The Bertz CT molecular complexity index is 3310. The molecule has 9 aromatic carbocycles. The van der Waals surface area contributed by atoms with Crippen molar-refractivity contribution in [2.75, 3.05) is 0 Å². The van der Waals surface area contributed by atoms with Gasteiger partial charge in [-0.25, -0.2) is 0 Å². The summed E-state index contributed by atoms with van der Waals surface area (Å²) in [6.07, 6.45) is 0. The van der Waals surface area contributed by atoms with E-state index >= 15 is 0 Å². The molecule has 0 amide bonds. The van der Waals surface area contributed by atoms with Crippen molar-refractivity contribution in [3.05, 3.63) is 182 Å². The molecule has 0 radical (unpaired) electrons. The standard InChI is InChI=1S/C50H30N2O/c1-2-14-34(15-3-1)51-43-21-8-6-17-36(43)37-26-24-32(28-44(37)51)33-25-27-40-45(29-33)52(42-22-10-13-31-12-4-5-16-35(31)42)46-30-48-50-39(19-11-20-41(50)49(40)46)38-18-7-9-23-47(38)53-48/h1-30H. The number of benzene rings is 9. The molecule has 0 spiro atoms. The summed E-state index contributed by atoms with van der Waals surface area (Å²) < 4.78 is 11.6. The summed E-state index contributed by atoms with van der Waals surface area (Å²) in [7, 11) is 0. The Morgan fingerprint density at radius 1 is 0.340 bits per heavy atom. The van der Waals surface area contributed by atoms with Gasteiger partial charge in [0.15, 0.2) is 0 Å². The van der Waals surface area contributed by atoms with Crippen LogP contribution < -0.4 is 4.74 Å². The van der Waals surface area contributed by atoms with Gasteiger partial charge in [0.05, 0.1) is 27.8 Å². The van der Waals surface area contributed by atoms with E-state index in [1.165, 1.54) is 70.8 Å². The molecule has 3 heterocycles. The fourth-order valence-corrected chi connectivity index (χ4v) is 9.00. The molecule has 11 aromatic rings. The van der Waals surface area contributed by atoms with Crippen LogP contribution in [0.25, 0.3) is 98.8 Å². The lowest BCUT2D eigenvalue weighted by Gasteiger charge is -2.22. The van der Waals surface area contributed by atoms with Crippen molar-refractivity contribution in [3.63, 3.8) is 0 Å². The topological polar surface area (TPSA) is 19.1 Å². The molecule has 0 N–H and O–H groups in total. The van der Waals surface area contributed by atoms with Crippen molar-refractivity contribution >= 4 is 65.2 Å². The zero-order chi connectivity index (χ0) is 34.6. The molecular formula is C50H30N2O. The van der Waals surface area contributed by atoms with E-state index in [0.29, 0.717) is 0 Å². The fraction of sp³-hybridized carbons (Fsp3) is 0. The maximum absolute atomic E-state index is 6.72. The minimum Gasteiger partial charge on any atom is -0.456 e.